The number of thioether (sulfide) groups is 1. The predicted molar refractivity (Wildman–Crippen MR) is 110 cm³/mol. The highest BCUT2D eigenvalue weighted by Crippen LogP contribution is 2.55. The Bertz CT molecular complexity index is 772. The first-order chi connectivity index (χ1) is 14.0. The van der Waals surface area contributed by atoms with Gasteiger partial charge in [-0.3, -0.25) is 10.1 Å². The van der Waals surface area contributed by atoms with Gasteiger partial charge in [0.2, 0.25) is 5.91 Å². The molecule has 1 aromatic heterocycles. The number of hydrogen-bond donors (Lipinski definition) is 2. The van der Waals surface area contributed by atoms with E-state index < -0.39 is 5.25 Å². The SMILES string of the molecule is CC(Sc1nnc2n1CCCCC2)C(=O)NC(=O)NC12CC3CC(CC(C3)C1)C2. The van der Waals surface area contributed by atoms with Crippen LogP contribution in [0.4, 0.5) is 4.79 Å². The number of amides is 3. The van der Waals surface area contributed by atoms with Crippen molar-refractivity contribution in [2.45, 2.75) is 93.6 Å². The van der Waals surface area contributed by atoms with Crippen LogP contribution in [0.15, 0.2) is 5.16 Å². The average Bonchev–Trinajstić information content (AvgIpc) is 2.86. The first kappa shape index (κ1) is 19.4. The molecule has 8 heteroatoms. The molecule has 1 aliphatic heterocycles. The second-order valence-corrected chi connectivity index (χ2v) is 11.1. The van der Waals surface area contributed by atoms with Crippen LogP contribution in [-0.4, -0.2) is 37.5 Å². The van der Waals surface area contributed by atoms with Crippen LogP contribution < -0.4 is 10.6 Å². The summed E-state index contributed by atoms with van der Waals surface area (Å²) in [6, 6.07) is -0.329. The quantitative estimate of drug-likeness (QED) is 0.734. The number of urea groups is 1. The second-order valence-electron chi connectivity index (χ2n) is 9.76. The monoisotopic (exact) mass is 417 g/mol. The van der Waals surface area contributed by atoms with Gasteiger partial charge in [0, 0.05) is 18.5 Å². The largest absolute Gasteiger partial charge is 0.332 e. The Morgan fingerprint density at radius 3 is 2.45 bits per heavy atom. The molecule has 4 aliphatic carbocycles. The summed E-state index contributed by atoms with van der Waals surface area (Å²) in [4.78, 5) is 25.3. The number of imide groups is 1. The minimum Gasteiger partial charge on any atom is -0.332 e. The maximum atomic E-state index is 12.7. The van der Waals surface area contributed by atoms with E-state index in [1.165, 1.54) is 37.4 Å². The molecule has 0 spiro atoms. The molecule has 2 heterocycles. The summed E-state index contributed by atoms with van der Waals surface area (Å²) in [5.74, 6) is 3.03. The maximum Gasteiger partial charge on any atom is 0.321 e. The van der Waals surface area contributed by atoms with Crippen LogP contribution in [0.1, 0.15) is 70.5 Å². The molecule has 2 N–H and O–H groups in total. The van der Waals surface area contributed by atoms with Crippen LogP contribution in [0.5, 0.6) is 0 Å². The fraction of sp³-hybridized carbons (Fsp3) is 0.810. The number of aromatic nitrogens is 3. The second kappa shape index (κ2) is 7.60. The Morgan fingerprint density at radius 2 is 1.76 bits per heavy atom. The molecule has 5 aliphatic rings. The minimum absolute atomic E-state index is 0.0835. The third-order valence-electron chi connectivity index (χ3n) is 7.38. The Kier molecular flexibility index (Phi) is 5.08. The molecule has 0 saturated heterocycles. The highest BCUT2D eigenvalue weighted by Gasteiger charge is 2.51. The number of rotatable bonds is 4. The fourth-order valence-corrected chi connectivity index (χ4v) is 7.40. The summed E-state index contributed by atoms with van der Waals surface area (Å²) in [5, 5.41) is 14.8. The van der Waals surface area contributed by atoms with E-state index in [1.807, 2.05) is 6.92 Å². The number of nitrogens with zero attached hydrogens (tertiary/aromatic N) is 3. The molecule has 7 nitrogen and oxygen atoms in total. The number of aryl methyl sites for hydroxylation is 1. The molecule has 4 bridgehead atoms. The van der Waals surface area contributed by atoms with Gasteiger partial charge in [-0.15, -0.1) is 10.2 Å². The Hall–Kier alpha value is -1.57. The Balaban J connectivity index is 1.17. The molecule has 1 unspecified atom stereocenters. The molecule has 1 aromatic rings. The Labute approximate surface area is 176 Å². The standard InChI is InChI=1S/C21H31N5O2S/c1-13(29-20-25-24-17-5-3-2-4-6-26(17)20)18(27)22-19(28)23-21-10-14-7-15(11-21)9-16(8-14)12-21/h13-16H,2-12H2,1H3,(H2,22,23,27,28). The van der Waals surface area contributed by atoms with Crippen LogP contribution >= 0.6 is 11.8 Å². The van der Waals surface area contributed by atoms with Crippen molar-refractivity contribution < 1.29 is 9.59 Å². The number of carbonyl (C=O) groups excluding carboxylic acids is 2. The topological polar surface area (TPSA) is 88.9 Å². The van der Waals surface area contributed by atoms with Gasteiger partial charge >= 0.3 is 6.03 Å². The van der Waals surface area contributed by atoms with Crippen molar-refractivity contribution in [3.8, 4) is 0 Å². The summed E-state index contributed by atoms with van der Waals surface area (Å²) in [6.07, 6.45) is 11.6. The zero-order valence-corrected chi connectivity index (χ0v) is 18.0. The zero-order valence-electron chi connectivity index (χ0n) is 17.2. The van der Waals surface area contributed by atoms with Crippen molar-refractivity contribution in [2.24, 2.45) is 17.8 Å². The number of carbonyl (C=O) groups is 2. The summed E-state index contributed by atoms with van der Waals surface area (Å²) in [6.45, 7) is 2.74. The van der Waals surface area contributed by atoms with E-state index >= 15 is 0 Å². The van der Waals surface area contributed by atoms with E-state index in [2.05, 4.69) is 25.4 Å². The van der Waals surface area contributed by atoms with Gasteiger partial charge < -0.3 is 9.88 Å². The van der Waals surface area contributed by atoms with E-state index in [-0.39, 0.29) is 17.5 Å². The number of nitrogens with one attached hydrogen (secondary N) is 2. The van der Waals surface area contributed by atoms with Crippen LogP contribution in [0.25, 0.3) is 0 Å². The molecular formula is C21H31N5O2S. The smallest absolute Gasteiger partial charge is 0.321 e. The lowest BCUT2D eigenvalue weighted by molar-refractivity contribution is -0.119. The van der Waals surface area contributed by atoms with Crippen LogP contribution in [0.3, 0.4) is 0 Å². The van der Waals surface area contributed by atoms with Gasteiger partial charge in [-0.2, -0.15) is 0 Å². The predicted octanol–water partition coefficient (Wildman–Crippen LogP) is 3.28. The van der Waals surface area contributed by atoms with E-state index in [1.54, 1.807) is 0 Å². The lowest BCUT2D eigenvalue weighted by atomic mass is 9.53. The van der Waals surface area contributed by atoms with Gasteiger partial charge in [0.25, 0.3) is 0 Å². The molecule has 4 saturated carbocycles. The maximum absolute atomic E-state index is 12.7. The van der Waals surface area contributed by atoms with Gasteiger partial charge in [-0.25, -0.2) is 4.79 Å². The van der Waals surface area contributed by atoms with Gasteiger partial charge in [-0.05, 0) is 76.0 Å². The van der Waals surface area contributed by atoms with Crippen LogP contribution in [-0.2, 0) is 17.8 Å². The molecule has 158 valence electrons. The molecule has 3 amide bonds. The summed E-state index contributed by atoms with van der Waals surface area (Å²) in [7, 11) is 0. The first-order valence-corrected chi connectivity index (χ1v) is 12.1. The first-order valence-electron chi connectivity index (χ1n) is 11.2. The lowest BCUT2D eigenvalue weighted by Crippen LogP contribution is -2.62. The van der Waals surface area contributed by atoms with Gasteiger partial charge in [-0.1, -0.05) is 18.2 Å². The van der Waals surface area contributed by atoms with Gasteiger partial charge in [0.1, 0.15) is 5.82 Å². The highest BCUT2D eigenvalue weighted by atomic mass is 32.2. The van der Waals surface area contributed by atoms with Crippen molar-refractivity contribution in [1.29, 1.82) is 0 Å². The van der Waals surface area contributed by atoms with E-state index in [4.69, 9.17) is 0 Å². The fourth-order valence-electron chi connectivity index (χ4n) is 6.51. The molecule has 29 heavy (non-hydrogen) atoms. The molecule has 0 aromatic carbocycles. The van der Waals surface area contributed by atoms with E-state index in [0.29, 0.717) is 0 Å². The van der Waals surface area contributed by atoms with Gasteiger partial charge in [0.05, 0.1) is 5.25 Å². The summed E-state index contributed by atoms with van der Waals surface area (Å²) in [5.41, 5.74) is -0.0835. The van der Waals surface area contributed by atoms with Crippen molar-refractivity contribution in [3.63, 3.8) is 0 Å². The molecule has 4 fully saturated rings. The van der Waals surface area contributed by atoms with Crippen LogP contribution in [0, 0.1) is 17.8 Å². The molecule has 6 rings (SSSR count). The molecular weight excluding hydrogens is 386 g/mol. The van der Waals surface area contributed by atoms with Crippen molar-refractivity contribution in [2.75, 3.05) is 0 Å². The van der Waals surface area contributed by atoms with Crippen LogP contribution in [0.2, 0.25) is 0 Å². The van der Waals surface area contributed by atoms with E-state index in [9.17, 15) is 9.59 Å². The van der Waals surface area contributed by atoms with Crippen molar-refractivity contribution in [3.05, 3.63) is 5.82 Å². The summed E-state index contributed by atoms with van der Waals surface area (Å²) < 4.78 is 2.14. The summed E-state index contributed by atoms with van der Waals surface area (Å²) >= 11 is 1.39. The zero-order chi connectivity index (χ0) is 20.0. The van der Waals surface area contributed by atoms with E-state index in [0.717, 1.165) is 73.8 Å². The number of hydrogen-bond acceptors (Lipinski definition) is 5. The molecule has 1 atom stereocenters. The number of fused-ring (bicyclic) bond motifs is 1. The Morgan fingerprint density at radius 1 is 1.07 bits per heavy atom. The third-order valence-corrected chi connectivity index (χ3v) is 8.46. The average molecular weight is 418 g/mol. The van der Waals surface area contributed by atoms with Crippen molar-refractivity contribution >= 4 is 23.7 Å². The highest BCUT2D eigenvalue weighted by molar-refractivity contribution is 8.00. The molecule has 0 radical (unpaired) electrons. The minimum atomic E-state index is -0.395. The third kappa shape index (κ3) is 3.92. The normalized spacial score (nSPS) is 33.6. The lowest BCUT2D eigenvalue weighted by Gasteiger charge is -2.56. The van der Waals surface area contributed by atoms with Crippen molar-refractivity contribution in [1.82, 2.24) is 25.4 Å². The van der Waals surface area contributed by atoms with Gasteiger partial charge in [0.15, 0.2) is 5.16 Å².